The number of hydrogen-bond donors (Lipinski definition) is 0. The summed E-state index contributed by atoms with van der Waals surface area (Å²) in [6.07, 6.45) is 6.83. The molecular weight excluding hydrogens is 356 g/mol. The molecule has 0 bridgehead atoms. The van der Waals surface area contributed by atoms with Gasteiger partial charge in [0, 0.05) is 25.7 Å². The molecule has 4 aliphatic rings. The summed E-state index contributed by atoms with van der Waals surface area (Å²) in [6, 6.07) is 0. The Morgan fingerprint density at radius 1 is 0.556 bits per heavy atom. The highest BCUT2D eigenvalue weighted by atomic mass is 16.8. The fourth-order valence-electron chi connectivity index (χ4n) is 4.46. The first kappa shape index (κ1) is 18.3. The molecule has 27 heavy (non-hydrogen) atoms. The van der Waals surface area contributed by atoms with Crippen LogP contribution >= 0.6 is 0 Å². The van der Waals surface area contributed by atoms with Gasteiger partial charge >= 0.3 is 23.9 Å². The van der Waals surface area contributed by atoms with Crippen molar-refractivity contribution in [2.45, 2.75) is 82.2 Å². The lowest BCUT2D eigenvalue weighted by Gasteiger charge is -2.42. The van der Waals surface area contributed by atoms with Crippen LogP contribution in [0.1, 0.15) is 70.6 Å². The summed E-state index contributed by atoms with van der Waals surface area (Å²) in [5, 5.41) is 0. The SMILES string of the molecule is O=C1OC2(CCCCC2)OC(=O)C1CC1C(=O)OC2(CCCCC2)OC1=O. The average molecular weight is 380 g/mol. The van der Waals surface area contributed by atoms with E-state index in [4.69, 9.17) is 18.9 Å². The van der Waals surface area contributed by atoms with Crippen LogP contribution in [0.4, 0.5) is 0 Å². The van der Waals surface area contributed by atoms with Crippen LogP contribution < -0.4 is 0 Å². The summed E-state index contributed by atoms with van der Waals surface area (Å²) >= 11 is 0. The highest BCUT2D eigenvalue weighted by Gasteiger charge is 2.54. The van der Waals surface area contributed by atoms with Crippen LogP contribution in [0, 0.1) is 11.8 Å². The van der Waals surface area contributed by atoms with E-state index in [1.807, 2.05) is 0 Å². The first-order valence-electron chi connectivity index (χ1n) is 9.83. The largest absolute Gasteiger partial charge is 0.422 e. The third-order valence-corrected chi connectivity index (χ3v) is 5.99. The molecule has 2 aliphatic carbocycles. The van der Waals surface area contributed by atoms with E-state index in [-0.39, 0.29) is 6.42 Å². The van der Waals surface area contributed by atoms with Gasteiger partial charge in [-0.15, -0.1) is 0 Å². The van der Waals surface area contributed by atoms with Crippen molar-refractivity contribution in [1.29, 1.82) is 0 Å². The first-order valence-corrected chi connectivity index (χ1v) is 9.83. The number of hydrogen-bond acceptors (Lipinski definition) is 8. The number of carbonyl (C=O) groups is 4. The molecule has 8 nitrogen and oxygen atoms in total. The zero-order valence-electron chi connectivity index (χ0n) is 15.2. The van der Waals surface area contributed by atoms with Crippen molar-refractivity contribution in [3.63, 3.8) is 0 Å². The summed E-state index contributed by atoms with van der Waals surface area (Å²) < 4.78 is 21.7. The number of carbonyl (C=O) groups excluding carboxylic acids is 4. The Morgan fingerprint density at radius 3 is 1.15 bits per heavy atom. The van der Waals surface area contributed by atoms with Crippen LogP contribution in [0.25, 0.3) is 0 Å². The molecule has 8 heteroatoms. The molecule has 4 fully saturated rings. The minimum Gasteiger partial charge on any atom is -0.422 e. The summed E-state index contributed by atoms with van der Waals surface area (Å²) in [5.74, 6) is -7.96. The maximum atomic E-state index is 12.4. The van der Waals surface area contributed by atoms with E-state index in [1.165, 1.54) is 0 Å². The Kier molecular flexibility index (Phi) is 4.60. The quantitative estimate of drug-likeness (QED) is 0.530. The molecule has 0 radical (unpaired) electrons. The minimum absolute atomic E-state index is 0.346. The Hall–Kier alpha value is -2.12. The molecule has 0 amide bonds. The summed E-state index contributed by atoms with van der Waals surface area (Å²) in [6.45, 7) is 0. The van der Waals surface area contributed by atoms with E-state index >= 15 is 0 Å². The Morgan fingerprint density at radius 2 is 0.852 bits per heavy atom. The van der Waals surface area contributed by atoms with Crippen molar-refractivity contribution < 1.29 is 38.1 Å². The van der Waals surface area contributed by atoms with Crippen LogP contribution in [0.5, 0.6) is 0 Å². The lowest BCUT2D eigenvalue weighted by atomic mass is 9.88. The Bertz CT molecular complexity index is 561. The molecule has 2 heterocycles. The summed E-state index contributed by atoms with van der Waals surface area (Å²) in [7, 11) is 0. The first-order chi connectivity index (χ1) is 12.9. The van der Waals surface area contributed by atoms with Crippen LogP contribution in [-0.4, -0.2) is 35.5 Å². The van der Waals surface area contributed by atoms with Crippen molar-refractivity contribution in [2.24, 2.45) is 11.8 Å². The predicted molar refractivity (Wildman–Crippen MR) is 87.6 cm³/mol. The highest BCUT2D eigenvalue weighted by molar-refractivity contribution is 6.01. The molecule has 0 atom stereocenters. The maximum Gasteiger partial charge on any atom is 0.323 e. The van der Waals surface area contributed by atoms with Gasteiger partial charge in [0.1, 0.15) is 0 Å². The lowest BCUT2D eigenvalue weighted by molar-refractivity contribution is -0.266. The van der Waals surface area contributed by atoms with E-state index in [2.05, 4.69) is 0 Å². The normalized spacial score (nSPS) is 30.4. The van der Waals surface area contributed by atoms with Crippen molar-refractivity contribution in [1.82, 2.24) is 0 Å². The fourth-order valence-corrected chi connectivity index (χ4v) is 4.46. The van der Waals surface area contributed by atoms with Gasteiger partial charge in [-0.1, -0.05) is 12.8 Å². The molecular formula is C19H24O8. The van der Waals surface area contributed by atoms with Crippen molar-refractivity contribution >= 4 is 23.9 Å². The fraction of sp³-hybridized carbons (Fsp3) is 0.789. The summed E-state index contributed by atoms with van der Waals surface area (Å²) in [4.78, 5) is 49.7. The number of rotatable bonds is 2. The molecule has 2 saturated heterocycles. The average Bonchev–Trinajstić information content (AvgIpc) is 2.61. The minimum atomic E-state index is -1.32. The van der Waals surface area contributed by atoms with Crippen LogP contribution in [-0.2, 0) is 38.1 Å². The van der Waals surface area contributed by atoms with E-state index in [0.29, 0.717) is 25.7 Å². The second-order valence-electron chi connectivity index (χ2n) is 7.97. The molecule has 2 spiro atoms. The van der Waals surface area contributed by atoms with Gasteiger partial charge in [-0.3, -0.25) is 19.2 Å². The van der Waals surface area contributed by atoms with Gasteiger partial charge in [0.25, 0.3) is 11.6 Å². The topological polar surface area (TPSA) is 105 Å². The molecule has 0 N–H and O–H groups in total. The Labute approximate surface area is 156 Å². The van der Waals surface area contributed by atoms with Gasteiger partial charge in [0.15, 0.2) is 11.8 Å². The number of esters is 4. The molecule has 0 unspecified atom stereocenters. The predicted octanol–water partition coefficient (Wildman–Crippen LogP) is 2.13. The molecule has 0 aromatic heterocycles. The molecule has 148 valence electrons. The molecule has 0 aromatic rings. The van der Waals surface area contributed by atoms with E-state index < -0.39 is 47.3 Å². The third kappa shape index (κ3) is 3.41. The van der Waals surface area contributed by atoms with Gasteiger partial charge in [0.05, 0.1) is 0 Å². The molecule has 2 aliphatic heterocycles. The summed E-state index contributed by atoms with van der Waals surface area (Å²) in [5.41, 5.74) is 0. The van der Waals surface area contributed by atoms with Gasteiger partial charge in [-0.05, 0) is 32.1 Å². The Balaban J connectivity index is 1.43. The molecule has 4 rings (SSSR count). The van der Waals surface area contributed by atoms with Gasteiger partial charge in [-0.2, -0.15) is 0 Å². The van der Waals surface area contributed by atoms with E-state index in [1.54, 1.807) is 0 Å². The van der Waals surface area contributed by atoms with Crippen LogP contribution in [0.15, 0.2) is 0 Å². The highest BCUT2D eigenvalue weighted by Crippen LogP contribution is 2.41. The molecule has 0 aromatic carbocycles. The van der Waals surface area contributed by atoms with Gasteiger partial charge in [0.2, 0.25) is 0 Å². The van der Waals surface area contributed by atoms with Crippen molar-refractivity contribution in [3.8, 4) is 0 Å². The smallest absolute Gasteiger partial charge is 0.323 e. The second kappa shape index (κ2) is 6.80. The van der Waals surface area contributed by atoms with Crippen LogP contribution in [0.3, 0.4) is 0 Å². The molecule has 2 saturated carbocycles. The third-order valence-electron chi connectivity index (χ3n) is 5.99. The van der Waals surface area contributed by atoms with Crippen molar-refractivity contribution in [3.05, 3.63) is 0 Å². The van der Waals surface area contributed by atoms with Gasteiger partial charge in [-0.25, -0.2) is 0 Å². The number of ether oxygens (including phenoxy) is 4. The van der Waals surface area contributed by atoms with E-state index in [0.717, 1.165) is 38.5 Å². The van der Waals surface area contributed by atoms with Gasteiger partial charge < -0.3 is 18.9 Å². The zero-order chi connectivity index (χ0) is 19.1. The second-order valence-corrected chi connectivity index (χ2v) is 7.97. The zero-order valence-corrected chi connectivity index (χ0v) is 15.2. The van der Waals surface area contributed by atoms with Crippen LogP contribution in [0.2, 0.25) is 0 Å². The maximum absolute atomic E-state index is 12.4. The van der Waals surface area contributed by atoms with Crippen molar-refractivity contribution in [2.75, 3.05) is 0 Å². The standard InChI is InChI=1S/C19H24O8/c20-14-12(15(21)25-18(24-14)7-3-1-4-8-18)11-13-16(22)26-19(27-17(13)23)9-5-2-6-10-19/h12-13H,1-11H2. The lowest BCUT2D eigenvalue weighted by Crippen LogP contribution is -2.54. The van der Waals surface area contributed by atoms with E-state index in [9.17, 15) is 19.2 Å². The monoisotopic (exact) mass is 380 g/mol.